The van der Waals surface area contributed by atoms with Gasteiger partial charge < -0.3 is 15.5 Å². The highest BCUT2D eigenvalue weighted by molar-refractivity contribution is 6.43. The molecule has 1 aromatic carbocycles. The van der Waals surface area contributed by atoms with Crippen LogP contribution in [0.25, 0.3) is 0 Å². The Morgan fingerprint density at radius 2 is 1.95 bits per heavy atom. The molecule has 1 amide bonds. The Labute approximate surface area is 124 Å². The summed E-state index contributed by atoms with van der Waals surface area (Å²) in [6.07, 6.45) is 2.41. The van der Waals surface area contributed by atoms with Gasteiger partial charge in [-0.05, 0) is 25.2 Å². The summed E-state index contributed by atoms with van der Waals surface area (Å²) < 4.78 is 0. The number of hydrogen-bond acceptors (Lipinski definition) is 4. The minimum Gasteiger partial charge on any atom is -0.388 e. The second kappa shape index (κ2) is 6.24. The van der Waals surface area contributed by atoms with E-state index >= 15 is 0 Å². The van der Waals surface area contributed by atoms with Gasteiger partial charge in [-0.2, -0.15) is 0 Å². The molecule has 20 heavy (non-hydrogen) atoms. The van der Waals surface area contributed by atoms with Crippen molar-refractivity contribution in [3.8, 4) is 0 Å². The van der Waals surface area contributed by atoms with Crippen molar-refractivity contribution >= 4 is 29.7 Å². The largest absolute Gasteiger partial charge is 0.388 e. The first-order valence-electron chi connectivity index (χ1n) is 6.60. The number of benzene rings is 1. The lowest BCUT2D eigenvalue weighted by Gasteiger charge is -2.30. The molecule has 1 spiro atoms. The fraction of sp³-hybridized carbons (Fsp3) is 0.429. The maximum absolute atomic E-state index is 12.1. The van der Waals surface area contributed by atoms with Gasteiger partial charge in [0, 0.05) is 24.9 Å². The lowest BCUT2D eigenvalue weighted by molar-refractivity contribution is -0.110. The molecule has 0 atom stereocenters. The van der Waals surface area contributed by atoms with Gasteiger partial charge in [0.15, 0.2) is 0 Å². The van der Waals surface area contributed by atoms with Crippen LogP contribution in [0.4, 0.5) is 5.69 Å². The molecule has 2 N–H and O–H groups in total. The highest BCUT2D eigenvalue weighted by atomic mass is 35.5. The number of rotatable bonds is 2. The molecule has 0 aromatic heterocycles. The first kappa shape index (κ1) is 14.8. The highest BCUT2D eigenvalue weighted by Crippen LogP contribution is 2.32. The van der Waals surface area contributed by atoms with E-state index < -0.39 is 0 Å². The first-order chi connectivity index (χ1) is 9.27. The number of carbonyl (C=O) groups is 1. The normalized spacial score (nSPS) is 19.7. The Morgan fingerprint density at radius 1 is 1.25 bits per heavy atom. The molecule has 1 fully saturated rings. The number of halogens is 1. The van der Waals surface area contributed by atoms with Crippen molar-refractivity contribution in [1.29, 1.82) is 0 Å². The number of nitrogens with zero attached hydrogens (tertiary/aromatic N) is 1. The molecule has 2 heterocycles. The lowest BCUT2D eigenvalue weighted by Crippen LogP contribution is -2.42. The summed E-state index contributed by atoms with van der Waals surface area (Å²) in [4.78, 5) is 17.6. The Balaban J connectivity index is 0.00000147. The van der Waals surface area contributed by atoms with E-state index in [4.69, 9.17) is 4.84 Å². The molecule has 0 unspecified atom stereocenters. The third-order valence-electron chi connectivity index (χ3n) is 3.65. The fourth-order valence-electron chi connectivity index (χ4n) is 2.52. The van der Waals surface area contributed by atoms with E-state index in [1.54, 1.807) is 0 Å². The third-order valence-corrected chi connectivity index (χ3v) is 3.65. The van der Waals surface area contributed by atoms with Gasteiger partial charge in [0.05, 0.1) is 0 Å². The Kier molecular flexibility index (Phi) is 4.62. The lowest BCUT2D eigenvalue weighted by atomic mass is 9.87. The molecule has 0 saturated carbocycles. The van der Waals surface area contributed by atoms with Crippen molar-refractivity contribution in [1.82, 2.24) is 5.32 Å². The molecule has 0 radical (unpaired) electrons. The van der Waals surface area contributed by atoms with E-state index in [9.17, 15) is 4.79 Å². The van der Waals surface area contributed by atoms with E-state index in [-0.39, 0.29) is 23.9 Å². The van der Waals surface area contributed by atoms with Gasteiger partial charge in [0.1, 0.15) is 11.3 Å². The van der Waals surface area contributed by atoms with Crippen LogP contribution in [-0.2, 0) is 9.63 Å². The molecule has 108 valence electrons. The predicted molar refractivity (Wildman–Crippen MR) is 80.3 cm³/mol. The van der Waals surface area contributed by atoms with E-state index in [1.807, 2.05) is 30.3 Å². The SMILES string of the molecule is Cl.O=C(Nc1ccccc1)C1=NOC2(CCNCC2)C1. The van der Waals surface area contributed by atoms with Crippen LogP contribution in [0.1, 0.15) is 19.3 Å². The van der Waals surface area contributed by atoms with Crippen LogP contribution in [0.5, 0.6) is 0 Å². The highest BCUT2D eigenvalue weighted by Gasteiger charge is 2.42. The zero-order chi connectivity index (χ0) is 13.1. The monoisotopic (exact) mass is 295 g/mol. The number of anilines is 1. The zero-order valence-electron chi connectivity index (χ0n) is 11.1. The van der Waals surface area contributed by atoms with Gasteiger partial charge in [-0.3, -0.25) is 4.79 Å². The van der Waals surface area contributed by atoms with Crippen molar-refractivity contribution in [3.05, 3.63) is 30.3 Å². The third kappa shape index (κ3) is 3.11. The maximum Gasteiger partial charge on any atom is 0.273 e. The van der Waals surface area contributed by atoms with Gasteiger partial charge in [0.25, 0.3) is 5.91 Å². The van der Waals surface area contributed by atoms with Crippen molar-refractivity contribution < 1.29 is 9.63 Å². The quantitative estimate of drug-likeness (QED) is 0.876. The van der Waals surface area contributed by atoms with Crippen LogP contribution in [-0.4, -0.2) is 30.3 Å². The zero-order valence-corrected chi connectivity index (χ0v) is 11.9. The molecule has 1 saturated heterocycles. The van der Waals surface area contributed by atoms with Gasteiger partial charge in [-0.25, -0.2) is 0 Å². The second-order valence-corrected chi connectivity index (χ2v) is 5.06. The van der Waals surface area contributed by atoms with Crippen LogP contribution in [0.15, 0.2) is 35.5 Å². The first-order valence-corrected chi connectivity index (χ1v) is 6.60. The van der Waals surface area contributed by atoms with Crippen LogP contribution in [0.2, 0.25) is 0 Å². The average molecular weight is 296 g/mol. The summed E-state index contributed by atoms with van der Waals surface area (Å²) in [7, 11) is 0. The standard InChI is InChI=1S/C14H17N3O2.ClH/c18-13(16-11-4-2-1-3-5-11)12-10-14(19-17-12)6-8-15-9-7-14;/h1-5,15H,6-10H2,(H,16,18);1H. The fourth-order valence-corrected chi connectivity index (χ4v) is 2.52. The topological polar surface area (TPSA) is 62.7 Å². The van der Waals surface area contributed by atoms with Gasteiger partial charge in [-0.15, -0.1) is 12.4 Å². The number of amides is 1. The molecule has 1 aromatic rings. The van der Waals surface area contributed by atoms with E-state index in [0.29, 0.717) is 12.1 Å². The van der Waals surface area contributed by atoms with Gasteiger partial charge in [0.2, 0.25) is 0 Å². The van der Waals surface area contributed by atoms with E-state index in [0.717, 1.165) is 31.6 Å². The Morgan fingerprint density at radius 3 is 2.65 bits per heavy atom. The molecule has 5 nitrogen and oxygen atoms in total. The number of nitrogens with one attached hydrogen (secondary N) is 2. The van der Waals surface area contributed by atoms with Crippen molar-refractivity contribution in [2.75, 3.05) is 18.4 Å². The second-order valence-electron chi connectivity index (χ2n) is 5.06. The number of hydrogen-bond donors (Lipinski definition) is 2. The molecular formula is C14H18ClN3O2. The summed E-state index contributed by atoms with van der Waals surface area (Å²) in [5.41, 5.74) is 1.02. The van der Waals surface area contributed by atoms with Crippen LogP contribution in [0, 0.1) is 0 Å². The van der Waals surface area contributed by atoms with Crippen molar-refractivity contribution in [2.24, 2.45) is 5.16 Å². The Bertz CT molecular complexity index is 498. The minimum absolute atomic E-state index is 0. The molecular weight excluding hydrogens is 278 g/mol. The van der Waals surface area contributed by atoms with Crippen molar-refractivity contribution in [3.63, 3.8) is 0 Å². The molecule has 2 aliphatic rings. The van der Waals surface area contributed by atoms with Gasteiger partial charge in [-0.1, -0.05) is 23.4 Å². The van der Waals surface area contributed by atoms with Crippen LogP contribution in [0.3, 0.4) is 0 Å². The molecule has 6 heteroatoms. The number of carbonyl (C=O) groups excluding carboxylic acids is 1. The maximum atomic E-state index is 12.1. The molecule has 2 aliphatic heterocycles. The van der Waals surface area contributed by atoms with Crippen LogP contribution >= 0.6 is 12.4 Å². The predicted octanol–water partition coefficient (Wildman–Crippen LogP) is 1.95. The molecule has 0 aliphatic carbocycles. The number of oxime groups is 1. The summed E-state index contributed by atoms with van der Waals surface area (Å²) in [5.74, 6) is -0.165. The van der Waals surface area contributed by atoms with Crippen molar-refractivity contribution in [2.45, 2.75) is 24.9 Å². The minimum atomic E-state index is -0.255. The van der Waals surface area contributed by atoms with Crippen LogP contribution < -0.4 is 10.6 Å². The van der Waals surface area contributed by atoms with E-state index in [2.05, 4.69) is 15.8 Å². The average Bonchev–Trinajstić information content (AvgIpc) is 2.85. The van der Waals surface area contributed by atoms with Gasteiger partial charge >= 0.3 is 0 Å². The molecule has 3 rings (SSSR count). The summed E-state index contributed by atoms with van der Waals surface area (Å²) in [5, 5.41) is 10.1. The summed E-state index contributed by atoms with van der Waals surface area (Å²) in [6.45, 7) is 1.84. The summed E-state index contributed by atoms with van der Waals surface area (Å²) in [6, 6.07) is 9.40. The summed E-state index contributed by atoms with van der Waals surface area (Å²) >= 11 is 0. The Hall–Kier alpha value is -1.59. The number of para-hydroxylation sites is 1. The molecule has 0 bridgehead atoms. The number of piperidine rings is 1. The smallest absolute Gasteiger partial charge is 0.273 e. The van der Waals surface area contributed by atoms with E-state index in [1.165, 1.54) is 0 Å².